The third-order valence-corrected chi connectivity index (χ3v) is 2.66. The summed E-state index contributed by atoms with van der Waals surface area (Å²) in [5.74, 6) is 0.152. The minimum atomic E-state index is -0.334. The van der Waals surface area contributed by atoms with Gasteiger partial charge in [0.25, 0.3) is 5.91 Å². The number of nitrogens with zero attached hydrogens (tertiary/aromatic N) is 1. The van der Waals surface area contributed by atoms with Gasteiger partial charge in [-0.25, -0.2) is 0 Å². The zero-order valence-electron chi connectivity index (χ0n) is 11.5. The zero-order valence-corrected chi connectivity index (χ0v) is 11.5. The molecule has 0 saturated heterocycles. The van der Waals surface area contributed by atoms with Gasteiger partial charge in [-0.1, -0.05) is 12.1 Å². The van der Waals surface area contributed by atoms with Crippen LogP contribution in [0.2, 0.25) is 0 Å². The first-order chi connectivity index (χ1) is 9.02. The molecule has 0 atom stereocenters. The van der Waals surface area contributed by atoms with Crippen LogP contribution < -0.4 is 4.74 Å². The van der Waals surface area contributed by atoms with Gasteiger partial charge in [-0.15, -0.1) is 0 Å². The molecule has 0 bridgehead atoms. The second kappa shape index (κ2) is 7.41. The van der Waals surface area contributed by atoms with Gasteiger partial charge < -0.3 is 14.4 Å². The van der Waals surface area contributed by atoms with Crippen molar-refractivity contribution < 1.29 is 19.1 Å². The molecule has 0 radical (unpaired) electrons. The fourth-order valence-electron chi connectivity index (χ4n) is 1.45. The van der Waals surface area contributed by atoms with Gasteiger partial charge in [0.1, 0.15) is 5.75 Å². The molecule has 0 heterocycles. The molecule has 0 N–H and O–H groups in total. The van der Waals surface area contributed by atoms with E-state index in [-0.39, 0.29) is 24.9 Å². The summed E-state index contributed by atoms with van der Waals surface area (Å²) in [5.41, 5.74) is 1.07. The van der Waals surface area contributed by atoms with E-state index >= 15 is 0 Å². The van der Waals surface area contributed by atoms with Crippen LogP contribution in [0, 0.1) is 6.92 Å². The first-order valence-corrected chi connectivity index (χ1v) is 6.03. The van der Waals surface area contributed by atoms with Gasteiger partial charge in [0.2, 0.25) is 0 Å². The average Bonchev–Trinajstić information content (AvgIpc) is 2.41. The number of hydrogen-bond acceptors (Lipinski definition) is 4. The van der Waals surface area contributed by atoms with E-state index in [4.69, 9.17) is 4.74 Å². The molecule has 0 saturated carbocycles. The van der Waals surface area contributed by atoms with Crippen LogP contribution in [0.3, 0.4) is 0 Å². The highest BCUT2D eigenvalue weighted by atomic mass is 16.5. The highest BCUT2D eigenvalue weighted by Crippen LogP contribution is 2.12. The van der Waals surface area contributed by atoms with Crippen LogP contribution in [0.5, 0.6) is 5.75 Å². The second-order valence-corrected chi connectivity index (χ2v) is 4.25. The summed E-state index contributed by atoms with van der Waals surface area (Å²) in [5, 5.41) is 0. The molecule has 0 unspecified atom stereocenters. The minimum absolute atomic E-state index is 0.0405. The molecule has 5 heteroatoms. The van der Waals surface area contributed by atoms with Crippen molar-refractivity contribution in [2.45, 2.75) is 13.3 Å². The van der Waals surface area contributed by atoms with Crippen LogP contribution in [0.25, 0.3) is 0 Å². The molecule has 0 aliphatic rings. The Bertz CT molecular complexity index is 445. The molecule has 1 rings (SSSR count). The Kier molecular flexibility index (Phi) is 5.85. The SMILES string of the molecule is COC(=O)CCN(C)C(=O)COc1cccc(C)c1. The number of rotatable bonds is 6. The molecular formula is C14H19NO4. The Morgan fingerprint density at radius 2 is 2.05 bits per heavy atom. The Morgan fingerprint density at radius 3 is 2.68 bits per heavy atom. The lowest BCUT2D eigenvalue weighted by Gasteiger charge is -2.16. The van der Waals surface area contributed by atoms with Gasteiger partial charge in [-0.3, -0.25) is 9.59 Å². The molecule has 104 valence electrons. The van der Waals surface area contributed by atoms with Gasteiger partial charge in [0, 0.05) is 13.6 Å². The van der Waals surface area contributed by atoms with E-state index < -0.39 is 0 Å². The lowest BCUT2D eigenvalue weighted by atomic mass is 10.2. The summed E-state index contributed by atoms with van der Waals surface area (Å²) in [7, 11) is 2.95. The number of carbonyl (C=O) groups excluding carboxylic acids is 2. The summed E-state index contributed by atoms with van der Waals surface area (Å²) < 4.78 is 9.91. The van der Waals surface area contributed by atoms with Crippen molar-refractivity contribution in [2.24, 2.45) is 0 Å². The molecule has 19 heavy (non-hydrogen) atoms. The number of carbonyl (C=O) groups is 2. The summed E-state index contributed by atoms with van der Waals surface area (Å²) in [6.07, 6.45) is 0.184. The van der Waals surface area contributed by atoms with Crippen LogP contribution >= 0.6 is 0 Å². The fraction of sp³-hybridized carbons (Fsp3) is 0.429. The maximum absolute atomic E-state index is 11.8. The number of benzene rings is 1. The van der Waals surface area contributed by atoms with Crippen LogP contribution in [0.4, 0.5) is 0 Å². The predicted octanol–water partition coefficient (Wildman–Crippen LogP) is 1.40. The van der Waals surface area contributed by atoms with Gasteiger partial charge in [-0.2, -0.15) is 0 Å². The highest BCUT2D eigenvalue weighted by molar-refractivity contribution is 5.78. The van der Waals surface area contributed by atoms with E-state index in [1.807, 2.05) is 25.1 Å². The summed E-state index contributed by atoms with van der Waals surface area (Å²) in [6, 6.07) is 7.49. The Labute approximate surface area is 113 Å². The quantitative estimate of drug-likeness (QED) is 0.729. The lowest BCUT2D eigenvalue weighted by molar-refractivity contribution is -0.141. The van der Waals surface area contributed by atoms with E-state index in [0.29, 0.717) is 12.3 Å². The molecule has 1 aromatic carbocycles. The molecular weight excluding hydrogens is 246 g/mol. The van der Waals surface area contributed by atoms with Crippen LogP contribution in [-0.4, -0.2) is 44.1 Å². The van der Waals surface area contributed by atoms with Gasteiger partial charge in [0.15, 0.2) is 6.61 Å². The number of methoxy groups -OCH3 is 1. The lowest BCUT2D eigenvalue weighted by Crippen LogP contribution is -2.33. The zero-order chi connectivity index (χ0) is 14.3. The third kappa shape index (κ3) is 5.42. The molecule has 5 nitrogen and oxygen atoms in total. The molecule has 0 aliphatic heterocycles. The monoisotopic (exact) mass is 265 g/mol. The topological polar surface area (TPSA) is 55.8 Å². The summed E-state index contributed by atoms with van der Waals surface area (Å²) >= 11 is 0. The summed E-state index contributed by atoms with van der Waals surface area (Å²) in [4.78, 5) is 24.2. The van der Waals surface area contributed by atoms with E-state index in [9.17, 15) is 9.59 Å². The summed E-state index contributed by atoms with van der Waals surface area (Å²) in [6.45, 7) is 2.24. The highest BCUT2D eigenvalue weighted by Gasteiger charge is 2.11. The molecule has 0 fully saturated rings. The number of esters is 1. The van der Waals surface area contributed by atoms with Crippen LogP contribution in [0.15, 0.2) is 24.3 Å². The van der Waals surface area contributed by atoms with Crippen molar-refractivity contribution in [1.82, 2.24) is 4.90 Å². The van der Waals surface area contributed by atoms with Crippen molar-refractivity contribution in [3.8, 4) is 5.75 Å². The molecule has 0 aromatic heterocycles. The van der Waals surface area contributed by atoms with Gasteiger partial charge in [0.05, 0.1) is 13.5 Å². The first-order valence-electron chi connectivity index (χ1n) is 6.03. The molecule has 0 spiro atoms. The molecule has 0 aliphatic carbocycles. The Morgan fingerprint density at radius 1 is 1.32 bits per heavy atom. The number of aryl methyl sites for hydroxylation is 1. The van der Waals surface area contributed by atoms with E-state index in [1.165, 1.54) is 12.0 Å². The Hall–Kier alpha value is -2.04. The number of hydrogen-bond donors (Lipinski definition) is 0. The predicted molar refractivity (Wildman–Crippen MR) is 70.9 cm³/mol. The van der Waals surface area contributed by atoms with E-state index in [0.717, 1.165) is 5.56 Å². The van der Waals surface area contributed by atoms with E-state index in [2.05, 4.69) is 4.74 Å². The van der Waals surface area contributed by atoms with Crippen LogP contribution in [-0.2, 0) is 14.3 Å². The van der Waals surface area contributed by atoms with Crippen molar-refractivity contribution in [2.75, 3.05) is 27.3 Å². The standard InChI is InChI=1S/C14H19NO4/c1-11-5-4-6-12(9-11)19-10-13(16)15(2)8-7-14(17)18-3/h4-6,9H,7-8,10H2,1-3H3. The Balaban J connectivity index is 2.36. The van der Waals surface area contributed by atoms with Crippen molar-refractivity contribution in [1.29, 1.82) is 0 Å². The second-order valence-electron chi connectivity index (χ2n) is 4.25. The van der Waals surface area contributed by atoms with Crippen molar-refractivity contribution in [3.63, 3.8) is 0 Å². The maximum atomic E-state index is 11.8. The maximum Gasteiger partial charge on any atom is 0.307 e. The largest absolute Gasteiger partial charge is 0.484 e. The number of ether oxygens (including phenoxy) is 2. The fourth-order valence-corrected chi connectivity index (χ4v) is 1.45. The minimum Gasteiger partial charge on any atom is -0.484 e. The van der Waals surface area contributed by atoms with Gasteiger partial charge >= 0.3 is 5.97 Å². The van der Waals surface area contributed by atoms with Gasteiger partial charge in [-0.05, 0) is 24.6 Å². The van der Waals surface area contributed by atoms with Crippen molar-refractivity contribution >= 4 is 11.9 Å². The molecule has 1 aromatic rings. The number of likely N-dealkylation sites (N-methyl/N-ethyl adjacent to an activating group) is 1. The average molecular weight is 265 g/mol. The normalized spacial score (nSPS) is 9.84. The first kappa shape index (κ1) is 15.0. The number of amides is 1. The van der Waals surface area contributed by atoms with E-state index in [1.54, 1.807) is 13.1 Å². The molecule has 1 amide bonds. The smallest absolute Gasteiger partial charge is 0.307 e. The van der Waals surface area contributed by atoms with Crippen molar-refractivity contribution in [3.05, 3.63) is 29.8 Å². The third-order valence-electron chi connectivity index (χ3n) is 2.66. The van der Waals surface area contributed by atoms with Crippen LogP contribution in [0.1, 0.15) is 12.0 Å².